The van der Waals surface area contributed by atoms with E-state index >= 15 is 0 Å². The molecule has 1 aliphatic rings. The Bertz CT molecular complexity index is 700. The monoisotopic (exact) mass is 319 g/mol. The molecule has 0 saturated carbocycles. The highest BCUT2D eigenvalue weighted by molar-refractivity contribution is 5.89. The Hall–Kier alpha value is -1.92. The van der Waals surface area contributed by atoms with Gasteiger partial charge in [-0.1, -0.05) is 0 Å². The lowest BCUT2D eigenvalue weighted by atomic mass is 10.1. The zero-order valence-electron chi connectivity index (χ0n) is 13.2. The van der Waals surface area contributed by atoms with Crippen LogP contribution in [0.25, 0.3) is 10.9 Å². The van der Waals surface area contributed by atoms with Crippen molar-refractivity contribution in [3.8, 4) is 0 Å². The molecular formula is C17H22FN3O2. The first-order valence-electron chi connectivity index (χ1n) is 7.97. The Balaban J connectivity index is 1.72. The van der Waals surface area contributed by atoms with Crippen molar-refractivity contribution in [2.75, 3.05) is 26.2 Å². The summed E-state index contributed by atoms with van der Waals surface area (Å²) < 4.78 is 19.1. The number of nitrogens with two attached hydrogens (primary N) is 1. The summed E-state index contributed by atoms with van der Waals surface area (Å²) in [5.41, 5.74) is 7.43. The highest BCUT2D eigenvalue weighted by Gasteiger charge is 2.34. The number of H-pyrrole nitrogens is 1. The van der Waals surface area contributed by atoms with Crippen molar-refractivity contribution in [2.45, 2.75) is 19.4 Å². The van der Waals surface area contributed by atoms with Gasteiger partial charge >= 0.3 is 0 Å². The lowest BCUT2D eigenvalue weighted by Crippen LogP contribution is -2.31. The van der Waals surface area contributed by atoms with Crippen LogP contribution in [0.2, 0.25) is 0 Å². The van der Waals surface area contributed by atoms with Crippen molar-refractivity contribution in [2.24, 2.45) is 11.7 Å². The topological polar surface area (TPSA) is 71.3 Å². The van der Waals surface area contributed by atoms with Crippen molar-refractivity contribution in [3.05, 3.63) is 35.8 Å². The Labute approximate surface area is 134 Å². The van der Waals surface area contributed by atoms with Crippen LogP contribution < -0.4 is 5.73 Å². The zero-order valence-corrected chi connectivity index (χ0v) is 13.2. The quantitative estimate of drug-likeness (QED) is 0.881. The molecule has 1 fully saturated rings. The van der Waals surface area contributed by atoms with Crippen LogP contribution in [0.15, 0.2) is 24.4 Å². The number of nitrogens with one attached hydrogen (secondary N) is 1. The summed E-state index contributed by atoms with van der Waals surface area (Å²) in [5.74, 6) is -0.0956. The third-order valence-electron chi connectivity index (χ3n) is 4.49. The van der Waals surface area contributed by atoms with Crippen molar-refractivity contribution in [1.29, 1.82) is 0 Å². The highest BCUT2D eigenvalue weighted by atomic mass is 19.1. The Kier molecular flexibility index (Phi) is 4.63. The van der Waals surface area contributed by atoms with Crippen LogP contribution in [-0.2, 0) is 16.0 Å². The number of halogens is 1. The lowest BCUT2D eigenvalue weighted by molar-refractivity contribution is -0.129. The molecule has 1 aromatic carbocycles. The summed E-state index contributed by atoms with van der Waals surface area (Å²) in [6.45, 7) is 4.26. The second kappa shape index (κ2) is 6.68. The number of benzene rings is 1. The van der Waals surface area contributed by atoms with E-state index in [1.54, 1.807) is 17.2 Å². The van der Waals surface area contributed by atoms with E-state index in [-0.39, 0.29) is 30.2 Å². The Morgan fingerprint density at radius 1 is 1.48 bits per heavy atom. The van der Waals surface area contributed by atoms with Crippen LogP contribution in [0, 0.1) is 11.7 Å². The molecular weight excluding hydrogens is 297 g/mol. The predicted molar refractivity (Wildman–Crippen MR) is 86.5 cm³/mol. The molecule has 0 aliphatic carbocycles. The predicted octanol–water partition coefficient (Wildman–Crippen LogP) is 1.67. The van der Waals surface area contributed by atoms with Crippen molar-refractivity contribution in [3.63, 3.8) is 0 Å². The maximum Gasteiger partial charge on any atom is 0.227 e. The van der Waals surface area contributed by atoms with Crippen LogP contribution in [-0.4, -0.2) is 48.1 Å². The third kappa shape index (κ3) is 3.23. The average molecular weight is 319 g/mol. The number of hydrogen-bond acceptors (Lipinski definition) is 3. The number of aromatic nitrogens is 1. The fourth-order valence-electron chi connectivity index (χ4n) is 3.25. The van der Waals surface area contributed by atoms with Gasteiger partial charge in [0, 0.05) is 42.7 Å². The van der Waals surface area contributed by atoms with Crippen LogP contribution in [0.5, 0.6) is 0 Å². The molecule has 1 saturated heterocycles. The van der Waals surface area contributed by atoms with Crippen LogP contribution in [0.1, 0.15) is 12.5 Å². The molecule has 6 heteroatoms. The smallest absolute Gasteiger partial charge is 0.227 e. The number of ether oxygens (including phenoxy) is 1. The van der Waals surface area contributed by atoms with Gasteiger partial charge in [0.25, 0.3) is 0 Å². The summed E-state index contributed by atoms with van der Waals surface area (Å²) in [7, 11) is 0. The van der Waals surface area contributed by atoms with Crippen LogP contribution in [0.3, 0.4) is 0 Å². The first kappa shape index (κ1) is 16.0. The minimum atomic E-state index is -0.299. The van der Waals surface area contributed by atoms with Crippen molar-refractivity contribution >= 4 is 16.8 Å². The summed E-state index contributed by atoms with van der Waals surface area (Å²) >= 11 is 0. The second-order valence-electron chi connectivity index (χ2n) is 5.97. The lowest BCUT2D eigenvalue weighted by Gasteiger charge is -2.16. The zero-order chi connectivity index (χ0) is 16.4. The first-order chi connectivity index (χ1) is 11.1. The van der Waals surface area contributed by atoms with Gasteiger partial charge in [0.15, 0.2) is 0 Å². The molecule has 0 unspecified atom stereocenters. The molecule has 23 heavy (non-hydrogen) atoms. The molecule has 2 atom stereocenters. The van der Waals surface area contributed by atoms with Gasteiger partial charge in [-0.2, -0.15) is 0 Å². The normalized spacial score (nSPS) is 21.3. The highest BCUT2D eigenvalue weighted by Crippen LogP contribution is 2.23. The van der Waals surface area contributed by atoms with Gasteiger partial charge in [-0.15, -0.1) is 0 Å². The molecule has 1 aromatic heterocycles. The second-order valence-corrected chi connectivity index (χ2v) is 5.97. The Morgan fingerprint density at radius 2 is 2.30 bits per heavy atom. The van der Waals surface area contributed by atoms with E-state index in [1.165, 1.54) is 12.1 Å². The summed E-state index contributed by atoms with van der Waals surface area (Å²) in [5, 5.41) is 0.759. The number of carbonyl (C=O) groups excluding carboxylic acids is 1. The van der Waals surface area contributed by atoms with Gasteiger partial charge < -0.3 is 20.4 Å². The average Bonchev–Trinajstić information content (AvgIpc) is 3.12. The van der Waals surface area contributed by atoms with Gasteiger partial charge in [-0.3, -0.25) is 4.79 Å². The molecule has 2 aromatic rings. The Morgan fingerprint density at radius 3 is 3.04 bits per heavy atom. The maximum atomic E-state index is 13.4. The number of fused-ring (bicyclic) bond motifs is 1. The maximum absolute atomic E-state index is 13.4. The molecule has 2 heterocycles. The first-order valence-corrected chi connectivity index (χ1v) is 7.97. The summed E-state index contributed by atoms with van der Waals surface area (Å²) in [4.78, 5) is 17.5. The van der Waals surface area contributed by atoms with Gasteiger partial charge in [0.2, 0.25) is 5.91 Å². The largest absolute Gasteiger partial charge is 0.376 e. The minimum absolute atomic E-state index is 0.00867. The third-order valence-corrected chi connectivity index (χ3v) is 4.49. The number of aromatic amines is 1. The number of hydrogen-bond donors (Lipinski definition) is 2. The van der Waals surface area contributed by atoms with Crippen LogP contribution >= 0.6 is 0 Å². The molecule has 3 rings (SSSR count). The molecule has 3 N–H and O–H groups in total. The molecule has 1 amide bonds. The van der Waals surface area contributed by atoms with E-state index in [0.717, 1.165) is 16.5 Å². The van der Waals surface area contributed by atoms with E-state index in [1.807, 2.05) is 6.92 Å². The molecule has 0 spiro atoms. The SMILES string of the molecule is CCO[C@@H]1CN(C(=O)Cc2c[nH]c3ccc(F)cc23)C[C@H]1CN. The molecule has 0 bridgehead atoms. The standard InChI is InChI=1S/C17H22FN3O2/c1-2-23-16-10-21(9-12(16)7-19)17(22)5-11-8-20-15-4-3-13(18)6-14(11)15/h3-4,6,8,12,16,20H,2,5,7,9-10,19H2,1H3/t12-,16-/m1/s1. The molecule has 5 nitrogen and oxygen atoms in total. The fraction of sp³-hybridized carbons (Fsp3) is 0.471. The fourth-order valence-corrected chi connectivity index (χ4v) is 3.25. The van der Waals surface area contributed by atoms with E-state index in [9.17, 15) is 9.18 Å². The number of rotatable bonds is 5. The summed E-state index contributed by atoms with van der Waals surface area (Å²) in [6.07, 6.45) is 2.03. The number of nitrogens with zero attached hydrogens (tertiary/aromatic N) is 1. The van der Waals surface area contributed by atoms with Gasteiger partial charge in [0.1, 0.15) is 5.82 Å². The van der Waals surface area contributed by atoms with Crippen molar-refractivity contribution < 1.29 is 13.9 Å². The van der Waals surface area contributed by atoms with Crippen molar-refractivity contribution in [1.82, 2.24) is 9.88 Å². The van der Waals surface area contributed by atoms with E-state index < -0.39 is 0 Å². The summed E-state index contributed by atoms with van der Waals surface area (Å²) in [6, 6.07) is 4.55. The van der Waals surface area contributed by atoms with Crippen LogP contribution in [0.4, 0.5) is 4.39 Å². The number of carbonyl (C=O) groups is 1. The molecule has 124 valence electrons. The minimum Gasteiger partial charge on any atom is -0.376 e. The van der Waals surface area contributed by atoms with Gasteiger partial charge in [0.05, 0.1) is 12.5 Å². The van der Waals surface area contributed by atoms with E-state index in [0.29, 0.717) is 26.2 Å². The van der Waals surface area contributed by atoms with E-state index in [2.05, 4.69) is 4.98 Å². The number of amides is 1. The van der Waals surface area contributed by atoms with Gasteiger partial charge in [-0.05, 0) is 37.2 Å². The van der Waals surface area contributed by atoms with E-state index in [4.69, 9.17) is 10.5 Å². The molecule has 1 aliphatic heterocycles. The van der Waals surface area contributed by atoms with Gasteiger partial charge in [-0.25, -0.2) is 4.39 Å². The number of likely N-dealkylation sites (tertiary alicyclic amines) is 1. The molecule has 0 radical (unpaired) electrons.